The molecule has 2 aliphatic heterocycles. The molecule has 2 unspecified atom stereocenters. The molecule has 0 aliphatic carbocycles. The van der Waals surface area contributed by atoms with E-state index in [-0.39, 0.29) is 18.0 Å². The Labute approximate surface area is 171 Å². The molecular formula is C22H28N4O3. The number of amides is 1. The van der Waals surface area contributed by atoms with Gasteiger partial charge in [-0.25, -0.2) is 0 Å². The van der Waals surface area contributed by atoms with Crippen molar-refractivity contribution in [2.45, 2.75) is 37.8 Å². The average molecular weight is 396 g/mol. The number of hydrogen-bond acceptors (Lipinski definition) is 6. The molecule has 154 valence electrons. The first-order valence-corrected chi connectivity index (χ1v) is 10.4. The van der Waals surface area contributed by atoms with Crippen LogP contribution < -0.4 is 10.6 Å². The molecule has 7 nitrogen and oxygen atoms in total. The first-order chi connectivity index (χ1) is 14.3. The van der Waals surface area contributed by atoms with Crippen molar-refractivity contribution in [2.24, 2.45) is 5.92 Å². The highest BCUT2D eigenvalue weighted by atomic mass is 16.5. The minimum absolute atomic E-state index is 0.124. The van der Waals surface area contributed by atoms with Crippen LogP contribution in [0.5, 0.6) is 0 Å². The zero-order chi connectivity index (χ0) is 19.9. The summed E-state index contributed by atoms with van der Waals surface area (Å²) in [6.45, 7) is 3.02. The predicted molar refractivity (Wildman–Crippen MR) is 110 cm³/mol. The summed E-state index contributed by atoms with van der Waals surface area (Å²) in [4.78, 5) is 12.4. The van der Waals surface area contributed by atoms with Crippen LogP contribution in [0.2, 0.25) is 0 Å². The SMILES string of the molecule is O=C(NC1CCOCC1)c1ccc(NC(CC2CCOC2)c2ccccc2)nn1. The summed E-state index contributed by atoms with van der Waals surface area (Å²) in [5.74, 6) is 1.02. The Morgan fingerprint density at radius 3 is 2.48 bits per heavy atom. The molecule has 2 saturated heterocycles. The number of benzene rings is 1. The van der Waals surface area contributed by atoms with Crippen molar-refractivity contribution < 1.29 is 14.3 Å². The number of nitrogens with zero attached hydrogens (tertiary/aromatic N) is 2. The van der Waals surface area contributed by atoms with Gasteiger partial charge in [-0.2, -0.15) is 0 Å². The second-order valence-electron chi connectivity index (χ2n) is 7.74. The third-order valence-electron chi connectivity index (χ3n) is 5.57. The summed E-state index contributed by atoms with van der Waals surface area (Å²) in [6.07, 6.45) is 3.73. The number of carbonyl (C=O) groups excluding carboxylic acids is 1. The smallest absolute Gasteiger partial charge is 0.272 e. The van der Waals surface area contributed by atoms with E-state index in [2.05, 4.69) is 33.0 Å². The number of nitrogens with one attached hydrogen (secondary N) is 2. The van der Waals surface area contributed by atoms with Crippen molar-refractivity contribution in [3.63, 3.8) is 0 Å². The Morgan fingerprint density at radius 1 is 1.00 bits per heavy atom. The van der Waals surface area contributed by atoms with Gasteiger partial charge in [-0.05, 0) is 49.3 Å². The lowest BCUT2D eigenvalue weighted by atomic mass is 9.94. The highest BCUT2D eigenvalue weighted by Crippen LogP contribution is 2.29. The fraction of sp³-hybridized carbons (Fsp3) is 0.500. The first kappa shape index (κ1) is 19.8. The third-order valence-corrected chi connectivity index (χ3v) is 5.57. The monoisotopic (exact) mass is 396 g/mol. The third kappa shape index (κ3) is 5.52. The number of anilines is 1. The summed E-state index contributed by atoms with van der Waals surface area (Å²) >= 11 is 0. The fourth-order valence-electron chi connectivity index (χ4n) is 3.88. The molecule has 1 aromatic heterocycles. The molecule has 2 N–H and O–H groups in total. The van der Waals surface area contributed by atoms with E-state index in [4.69, 9.17) is 9.47 Å². The molecule has 1 amide bonds. The van der Waals surface area contributed by atoms with Crippen LogP contribution >= 0.6 is 0 Å². The molecular weight excluding hydrogens is 368 g/mol. The van der Waals surface area contributed by atoms with Gasteiger partial charge in [0.25, 0.3) is 5.91 Å². The molecule has 3 heterocycles. The van der Waals surface area contributed by atoms with E-state index >= 15 is 0 Å². The van der Waals surface area contributed by atoms with Gasteiger partial charge in [0.1, 0.15) is 5.82 Å². The van der Waals surface area contributed by atoms with Gasteiger partial charge in [0.2, 0.25) is 0 Å². The second kappa shape index (κ2) is 9.80. The van der Waals surface area contributed by atoms with Gasteiger partial charge in [0, 0.05) is 32.5 Å². The maximum absolute atomic E-state index is 12.4. The quantitative estimate of drug-likeness (QED) is 0.748. The molecule has 2 atom stereocenters. The van der Waals surface area contributed by atoms with Crippen LogP contribution in [-0.4, -0.2) is 48.6 Å². The van der Waals surface area contributed by atoms with Crippen LogP contribution in [0, 0.1) is 5.92 Å². The maximum Gasteiger partial charge on any atom is 0.272 e. The highest BCUT2D eigenvalue weighted by Gasteiger charge is 2.23. The Morgan fingerprint density at radius 2 is 1.79 bits per heavy atom. The van der Waals surface area contributed by atoms with Crippen molar-refractivity contribution >= 4 is 11.7 Å². The molecule has 0 saturated carbocycles. The summed E-state index contributed by atoms with van der Waals surface area (Å²) in [7, 11) is 0. The molecule has 0 spiro atoms. The van der Waals surface area contributed by atoms with Crippen molar-refractivity contribution in [3.05, 3.63) is 53.7 Å². The molecule has 1 aromatic carbocycles. The van der Waals surface area contributed by atoms with Gasteiger partial charge in [0.15, 0.2) is 5.69 Å². The lowest BCUT2D eigenvalue weighted by Crippen LogP contribution is -2.39. The zero-order valence-electron chi connectivity index (χ0n) is 16.5. The summed E-state index contributed by atoms with van der Waals surface area (Å²) in [5, 5.41) is 14.9. The van der Waals surface area contributed by atoms with E-state index in [1.807, 2.05) is 24.3 Å². The van der Waals surface area contributed by atoms with Crippen LogP contribution in [0.15, 0.2) is 42.5 Å². The normalized spacial score (nSPS) is 20.9. The van der Waals surface area contributed by atoms with Gasteiger partial charge in [-0.15, -0.1) is 10.2 Å². The molecule has 7 heteroatoms. The standard InChI is InChI=1S/C22H28N4O3/c27-22(23-18-9-12-28-13-10-18)19-6-7-21(26-25-19)24-20(14-16-8-11-29-15-16)17-4-2-1-3-5-17/h1-7,16,18,20H,8-15H2,(H,23,27)(H,24,26). The zero-order valence-corrected chi connectivity index (χ0v) is 16.5. The van der Waals surface area contributed by atoms with Crippen LogP contribution in [-0.2, 0) is 9.47 Å². The second-order valence-corrected chi connectivity index (χ2v) is 7.74. The number of carbonyl (C=O) groups is 1. The first-order valence-electron chi connectivity index (χ1n) is 10.4. The van der Waals surface area contributed by atoms with E-state index in [0.717, 1.165) is 38.9 Å². The largest absolute Gasteiger partial charge is 0.381 e. The summed E-state index contributed by atoms with van der Waals surface area (Å²) < 4.78 is 10.9. The fourth-order valence-corrected chi connectivity index (χ4v) is 3.88. The van der Waals surface area contributed by atoms with Gasteiger partial charge in [0.05, 0.1) is 6.04 Å². The molecule has 2 aliphatic rings. The van der Waals surface area contributed by atoms with E-state index in [9.17, 15) is 4.79 Å². The van der Waals surface area contributed by atoms with Gasteiger partial charge in [-0.1, -0.05) is 30.3 Å². The molecule has 4 rings (SSSR count). The highest BCUT2D eigenvalue weighted by molar-refractivity contribution is 5.92. The Balaban J connectivity index is 1.40. The van der Waals surface area contributed by atoms with Crippen LogP contribution in [0.3, 0.4) is 0 Å². The number of aromatic nitrogens is 2. The average Bonchev–Trinajstić information content (AvgIpc) is 3.28. The molecule has 2 aromatic rings. The van der Waals surface area contributed by atoms with Gasteiger partial charge < -0.3 is 20.1 Å². The van der Waals surface area contributed by atoms with Crippen molar-refractivity contribution in [1.29, 1.82) is 0 Å². The predicted octanol–water partition coefficient (Wildman–Crippen LogP) is 2.97. The van der Waals surface area contributed by atoms with Crippen molar-refractivity contribution in [3.8, 4) is 0 Å². The molecule has 0 bridgehead atoms. The maximum atomic E-state index is 12.4. The molecule has 2 fully saturated rings. The topological polar surface area (TPSA) is 85.4 Å². The summed E-state index contributed by atoms with van der Waals surface area (Å²) in [6, 6.07) is 14.2. The van der Waals surface area contributed by atoms with E-state index in [0.29, 0.717) is 30.6 Å². The van der Waals surface area contributed by atoms with Crippen LogP contribution in [0.4, 0.5) is 5.82 Å². The van der Waals surface area contributed by atoms with Crippen molar-refractivity contribution in [2.75, 3.05) is 31.7 Å². The van der Waals surface area contributed by atoms with Crippen LogP contribution in [0.1, 0.15) is 47.8 Å². The van der Waals surface area contributed by atoms with Crippen molar-refractivity contribution in [1.82, 2.24) is 15.5 Å². The van der Waals surface area contributed by atoms with Gasteiger partial charge in [-0.3, -0.25) is 4.79 Å². The molecule has 0 radical (unpaired) electrons. The van der Waals surface area contributed by atoms with E-state index in [1.54, 1.807) is 6.07 Å². The van der Waals surface area contributed by atoms with Gasteiger partial charge >= 0.3 is 0 Å². The minimum Gasteiger partial charge on any atom is -0.381 e. The number of ether oxygens (including phenoxy) is 2. The Kier molecular flexibility index (Phi) is 6.69. The van der Waals surface area contributed by atoms with Crippen LogP contribution in [0.25, 0.3) is 0 Å². The van der Waals surface area contributed by atoms with E-state index < -0.39 is 0 Å². The molecule has 29 heavy (non-hydrogen) atoms. The number of rotatable bonds is 7. The minimum atomic E-state index is -0.182. The Hall–Kier alpha value is -2.51. The Bertz CT molecular complexity index is 772. The lowest BCUT2D eigenvalue weighted by Gasteiger charge is -2.23. The summed E-state index contributed by atoms with van der Waals surface area (Å²) in [5.41, 5.74) is 1.55. The van der Waals surface area contributed by atoms with E-state index in [1.165, 1.54) is 5.56 Å². The number of hydrogen-bond donors (Lipinski definition) is 2. The lowest BCUT2D eigenvalue weighted by molar-refractivity contribution is 0.0693.